The Balaban J connectivity index is 2.60. The molecule has 1 aromatic rings. The largest absolute Gasteiger partial charge is 0.482 e. The van der Waals surface area contributed by atoms with Crippen LogP contribution in [0, 0.1) is 0 Å². The first-order valence-corrected chi connectivity index (χ1v) is 5.34. The van der Waals surface area contributed by atoms with Crippen LogP contribution in [-0.4, -0.2) is 23.9 Å². The van der Waals surface area contributed by atoms with Crippen LogP contribution in [0.1, 0.15) is 13.8 Å². The summed E-state index contributed by atoms with van der Waals surface area (Å²) in [5, 5.41) is 11.7. The number of hydrogen-bond donors (Lipinski definition) is 2. The second-order valence-corrected chi connectivity index (χ2v) is 4.05. The van der Waals surface area contributed by atoms with E-state index in [4.69, 9.17) is 9.84 Å². The first kappa shape index (κ1) is 12.6. The average molecular weight is 221 g/mol. The van der Waals surface area contributed by atoms with E-state index in [1.807, 2.05) is 44.2 Å². The topological polar surface area (TPSA) is 41.5 Å². The van der Waals surface area contributed by atoms with Crippen LogP contribution in [0.3, 0.4) is 0 Å². The molecule has 0 unspecified atom stereocenters. The Morgan fingerprint density at radius 1 is 1.38 bits per heavy atom. The maximum atomic E-state index is 8.73. The third kappa shape index (κ3) is 3.59. The van der Waals surface area contributed by atoms with E-state index in [1.165, 1.54) is 0 Å². The molecule has 0 aromatic heterocycles. The molecule has 2 N–H and O–H groups in total. The number of ether oxygens (including phenoxy) is 1. The van der Waals surface area contributed by atoms with Gasteiger partial charge in [-0.15, -0.1) is 0 Å². The number of para-hydroxylation sites is 1. The van der Waals surface area contributed by atoms with Gasteiger partial charge in [0.2, 0.25) is 0 Å². The van der Waals surface area contributed by atoms with Crippen molar-refractivity contribution in [1.82, 2.24) is 5.32 Å². The first-order valence-electron chi connectivity index (χ1n) is 5.34. The van der Waals surface area contributed by atoms with Crippen molar-refractivity contribution in [2.45, 2.75) is 19.4 Å². The Morgan fingerprint density at radius 3 is 2.56 bits per heavy atom. The van der Waals surface area contributed by atoms with Crippen molar-refractivity contribution < 1.29 is 9.84 Å². The maximum absolute atomic E-state index is 8.73. The molecule has 0 saturated heterocycles. The van der Waals surface area contributed by atoms with Gasteiger partial charge in [0, 0.05) is 12.2 Å². The molecule has 0 saturated carbocycles. The highest BCUT2D eigenvalue weighted by Gasteiger charge is 2.23. The summed E-state index contributed by atoms with van der Waals surface area (Å²) in [6.07, 6.45) is 0. The number of hydrogen-bond acceptors (Lipinski definition) is 3. The molecule has 0 bridgehead atoms. The van der Waals surface area contributed by atoms with Crippen LogP contribution in [0.25, 0.3) is 0 Å². The smallest absolute Gasteiger partial charge is 0.142 e. The summed E-state index contributed by atoms with van der Waals surface area (Å²) in [7, 11) is 0. The Kier molecular flexibility index (Phi) is 4.38. The molecular weight excluding hydrogens is 202 g/mol. The van der Waals surface area contributed by atoms with Crippen molar-refractivity contribution in [3.8, 4) is 5.75 Å². The van der Waals surface area contributed by atoms with E-state index >= 15 is 0 Å². The highest BCUT2D eigenvalue weighted by Crippen LogP contribution is 2.21. The lowest BCUT2D eigenvalue weighted by atomic mass is 10.1. The van der Waals surface area contributed by atoms with Gasteiger partial charge in [0.05, 0.1) is 6.61 Å². The lowest BCUT2D eigenvalue weighted by Crippen LogP contribution is -2.38. The van der Waals surface area contributed by atoms with Crippen LogP contribution in [0.2, 0.25) is 0 Å². The number of nitrogens with one attached hydrogen (secondary N) is 1. The Labute approximate surface area is 96.8 Å². The minimum atomic E-state index is -0.503. The molecule has 0 fully saturated rings. The van der Waals surface area contributed by atoms with E-state index in [9.17, 15) is 0 Å². The van der Waals surface area contributed by atoms with Gasteiger partial charge in [-0.05, 0) is 26.0 Å². The molecule has 0 aliphatic heterocycles. The fraction of sp³-hybridized carbons (Fsp3) is 0.385. The lowest BCUT2D eigenvalue weighted by Gasteiger charge is -2.29. The molecule has 0 heterocycles. The molecular formula is C13H19NO2. The van der Waals surface area contributed by atoms with Crippen LogP contribution < -0.4 is 10.1 Å². The lowest BCUT2D eigenvalue weighted by molar-refractivity contribution is 0.139. The highest BCUT2D eigenvalue weighted by atomic mass is 16.5. The molecule has 88 valence electrons. The van der Waals surface area contributed by atoms with E-state index in [2.05, 4.69) is 11.9 Å². The second-order valence-electron chi connectivity index (χ2n) is 4.05. The normalized spacial score (nSPS) is 10.9. The summed E-state index contributed by atoms with van der Waals surface area (Å²) in [5.41, 5.74) is 0.252. The maximum Gasteiger partial charge on any atom is 0.142 e. The third-order valence-corrected chi connectivity index (χ3v) is 2.29. The summed E-state index contributed by atoms with van der Waals surface area (Å²) in [4.78, 5) is 0. The van der Waals surface area contributed by atoms with Gasteiger partial charge in [-0.2, -0.15) is 0 Å². The van der Waals surface area contributed by atoms with Crippen molar-refractivity contribution in [3.63, 3.8) is 0 Å². The summed E-state index contributed by atoms with van der Waals surface area (Å²) >= 11 is 0. The summed E-state index contributed by atoms with van der Waals surface area (Å²) < 4.78 is 5.82. The van der Waals surface area contributed by atoms with Crippen molar-refractivity contribution in [3.05, 3.63) is 42.6 Å². The molecule has 3 heteroatoms. The molecule has 0 aliphatic carbocycles. The zero-order valence-electron chi connectivity index (χ0n) is 9.86. The molecule has 0 radical (unpaired) electrons. The second kappa shape index (κ2) is 5.56. The number of rotatable bonds is 6. The summed E-state index contributed by atoms with van der Waals surface area (Å²) in [6, 6.07) is 9.60. The molecule has 1 rings (SSSR count). The van der Waals surface area contributed by atoms with Crippen molar-refractivity contribution >= 4 is 0 Å². The minimum Gasteiger partial charge on any atom is -0.482 e. The molecule has 0 spiro atoms. The van der Waals surface area contributed by atoms with Crippen molar-refractivity contribution in [2.75, 3.05) is 13.2 Å². The predicted molar refractivity (Wildman–Crippen MR) is 65.4 cm³/mol. The molecule has 0 aliphatic rings. The predicted octanol–water partition coefficient (Wildman–Crippen LogP) is 1.94. The zero-order valence-corrected chi connectivity index (χ0v) is 9.86. The van der Waals surface area contributed by atoms with Gasteiger partial charge in [-0.3, -0.25) is 0 Å². The van der Waals surface area contributed by atoms with Gasteiger partial charge in [-0.25, -0.2) is 0 Å². The van der Waals surface area contributed by atoms with E-state index in [-0.39, 0.29) is 6.61 Å². The molecule has 1 aromatic carbocycles. The first-order chi connectivity index (χ1) is 7.56. The van der Waals surface area contributed by atoms with Crippen LogP contribution in [0.15, 0.2) is 42.6 Å². The van der Waals surface area contributed by atoms with Gasteiger partial charge in [-0.1, -0.05) is 24.8 Å². The van der Waals surface area contributed by atoms with Crippen LogP contribution >= 0.6 is 0 Å². The van der Waals surface area contributed by atoms with Gasteiger partial charge in [0.15, 0.2) is 0 Å². The number of aliphatic hydroxyl groups is 1. The zero-order chi connectivity index (χ0) is 12.0. The van der Waals surface area contributed by atoms with Gasteiger partial charge < -0.3 is 15.2 Å². The van der Waals surface area contributed by atoms with Gasteiger partial charge >= 0.3 is 0 Å². The van der Waals surface area contributed by atoms with Gasteiger partial charge in [0.25, 0.3) is 0 Å². The number of benzene rings is 1. The van der Waals surface area contributed by atoms with E-state index in [0.29, 0.717) is 6.54 Å². The molecule has 0 atom stereocenters. The Hall–Kier alpha value is -1.48. The minimum absolute atomic E-state index is 0.0838. The summed E-state index contributed by atoms with van der Waals surface area (Å²) in [5.74, 6) is 0.805. The van der Waals surface area contributed by atoms with Gasteiger partial charge in [0.1, 0.15) is 11.4 Å². The fourth-order valence-electron chi connectivity index (χ4n) is 1.26. The molecule has 0 amide bonds. The van der Waals surface area contributed by atoms with Crippen LogP contribution in [0.5, 0.6) is 5.75 Å². The number of aliphatic hydroxyl groups excluding tert-OH is 1. The standard InChI is InChI=1S/C13H19NO2/c1-11(14-9-10-15)13(2,3)16-12-7-5-4-6-8-12/h4-8,14-15H,1,9-10H2,2-3H3. The van der Waals surface area contributed by atoms with E-state index in [0.717, 1.165) is 11.4 Å². The average Bonchev–Trinajstić information content (AvgIpc) is 2.26. The van der Waals surface area contributed by atoms with Crippen molar-refractivity contribution in [2.24, 2.45) is 0 Å². The van der Waals surface area contributed by atoms with Crippen molar-refractivity contribution in [1.29, 1.82) is 0 Å². The Bertz CT molecular complexity index is 333. The van der Waals surface area contributed by atoms with Crippen LogP contribution in [-0.2, 0) is 0 Å². The quantitative estimate of drug-likeness (QED) is 0.771. The fourth-order valence-corrected chi connectivity index (χ4v) is 1.26. The monoisotopic (exact) mass is 221 g/mol. The van der Waals surface area contributed by atoms with Crippen LogP contribution in [0.4, 0.5) is 0 Å². The highest BCUT2D eigenvalue weighted by molar-refractivity contribution is 5.24. The molecule has 3 nitrogen and oxygen atoms in total. The SMILES string of the molecule is C=C(NCCO)C(C)(C)Oc1ccccc1. The summed E-state index contributed by atoms with van der Waals surface area (Å²) in [6.45, 7) is 8.36. The van der Waals surface area contributed by atoms with E-state index in [1.54, 1.807) is 0 Å². The van der Waals surface area contributed by atoms with E-state index < -0.39 is 5.60 Å². The Morgan fingerprint density at radius 2 is 2.00 bits per heavy atom. The molecule has 16 heavy (non-hydrogen) atoms. The third-order valence-electron chi connectivity index (χ3n) is 2.29.